The molecule has 0 unspecified atom stereocenters. The number of hydrogen-bond acceptors (Lipinski definition) is 10. The predicted molar refractivity (Wildman–Crippen MR) is 262 cm³/mol. The van der Waals surface area contributed by atoms with Gasteiger partial charge in [-0.05, 0) is 159 Å². The van der Waals surface area contributed by atoms with Crippen molar-refractivity contribution in [3.8, 4) is 17.2 Å². The molecule has 7 aromatic carbocycles. The first-order chi connectivity index (χ1) is 31.8. The molecule has 0 aliphatic heterocycles. The summed E-state index contributed by atoms with van der Waals surface area (Å²) in [6.45, 7) is 15.3. The summed E-state index contributed by atoms with van der Waals surface area (Å²) < 4.78 is 29.7. The third kappa shape index (κ3) is 13.4. The number of carbonyl (C=O) groups excluding carboxylic acids is 3. The van der Waals surface area contributed by atoms with E-state index >= 15 is 0 Å². The van der Waals surface area contributed by atoms with Gasteiger partial charge in [-0.2, -0.15) is 4.89 Å². The molecule has 0 atom stereocenters. The van der Waals surface area contributed by atoms with Crippen molar-refractivity contribution in [2.24, 2.45) is 0 Å². The molecule has 0 heterocycles. The maximum absolute atomic E-state index is 13.1. The van der Waals surface area contributed by atoms with E-state index in [1.807, 2.05) is 126 Å². The van der Waals surface area contributed by atoms with Gasteiger partial charge in [-0.15, -0.1) is 0 Å². The predicted octanol–water partition coefficient (Wildman–Crippen LogP) is 12.0. The second kappa shape index (κ2) is 20.3. The van der Waals surface area contributed by atoms with E-state index in [1.54, 1.807) is 20.8 Å². The molecule has 0 aliphatic rings. The molecule has 0 radical (unpaired) electrons. The highest BCUT2D eigenvalue weighted by Gasteiger charge is 2.24. The summed E-state index contributed by atoms with van der Waals surface area (Å²) in [5, 5.41) is 5.15. The zero-order valence-corrected chi connectivity index (χ0v) is 39.9. The normalized spacial score (nSPS) is 12.0. The van der Waals surface area contributed by atoms with Crippen LogP contribution in [0.4, 0.5) is 0 Å². The van der Waals surface area contributed by atoms with Crippen LogP contribution in [0.25, 0.3) is 32.3 Å². The van der Waals surface area contributed by atoms with Crippen LogP contribution in [0.1, 0.15) is 95.7 Å². The highest BCUT2D eigenvalue weighted by molar-refractivity contribution is 6.26. The van der Waals surface area contributed by atoms with Crippen LogP contribution in [0.3, 0.4) is 0 Å². The monoisotopic (exact) mass is 904 g/mol. The first-order valence-corrected chi connectivity index (χ1v) is 22.6. The van der Waals surface area contributed by atoms with Crippen LogP contribution in [-0.2, 0) is 52.7 Å². The van der Waals surface area contributed by atoms with E-state index in [2.05, 4.69) is 42.5 Å². The number of benzene rings is 7. The Bertz CT molecular complexity index is 2800. The lowest BCUT2D eigenvalue weighted by atomic mass is 9.88. The molecule has 0 saturated carbocycles. The molecule has 0 amide bonds. The summed E-state index contributed by atoms with van der Waals surface area (Å²) in [4.78, 5) is 50.8. The summed E-state index contributed by atoms with van der Waals surface area (Å²) in [6, 6.07) is 42.4. The van der Waals surface area contributed by atoms with Gasteiger partial charge < -0.3 is 28.6 Å². The van der Waals surface area contributed by atoms with E-state index in [0.717, 1.165) is 65.7 Å². The Morgan fingerprint density at radius 3 is 0.985 bits per heavy atom. The quantitative estimate of drug-likeness (QED) is 0.0305. The molecule has 0 N–H and O–H groups in total. The van der Waals surface area contributed by atoms with Crippen molar-refractivity contribution in [3.05, 3.63) is 161 Å². The van der Waals surface area contributed by atoms with Crippen LogP contribution in [0, 0.1) is 0 Å². The Morgan fingerprint density at radius 2 is 0.657 bits per heavy atom. The molecule has 0 aromatic heterocycles. The maximum atomic E-state index is 13.1. The van der Waals surface area contributed by atoms with Gasteiger partial charge in [0.05, 0.1) is 0 Å². The smallest absolute Gasteiger partial charge is 0.344 e. The molecule has 0 spiro atoms. The minimum absolute atomic E-state index is 0.298. The third-order valence-electron chi connectivity index (χ3n) is 10.5. The van der Waals surface area contributed by atoms with Gasteiger partial charge in [-0.3, -0.25) is 0 Å². The second-order valence-corrected chi connectivity index (χ2v) is 19.7. The molecule has 0 fully saturated rings. The molecule has 348 valence electrons. The van der Waals surface area contributed by atoms with Gasteiger partial charge in [-0.25, -0.2) is 14.4 Å². The van der Waals surface area contributed by atoms with Crippen molar-refractivity contribution in [2.75, 3.05) is 19.8 Å². The highest BCUT2D eigenvalue weighted by Crippen LogP contribution is 2.44. The van der Waals surface area contributed by atoms with Crippen molar-refractivity contribution in [2.45, 2.75) is 98.4 Å². The molecule has 0 aliphatic carbocycles. The molecule has 10 nitrogen and oxygen atoms in total. The largest absolute Gasteiger partial charge is 0.482 e. The van der Waals surface area contributed by atoms with Gasteiger partial charge in [0.2, 0.25) is 0 Å². The Morgan fingerprint density at radius 1 is 0.373 bits per heavy atom. The Balaban J connectivity index is 1.49. The Hall–Kier alpha value is -6.91. The average molecular weight is 905 g/mol. The molecule has 67 heavy (non-hydrogen) atoms. The van der Waals surface area contributed by atoms with Gasteiger partial charge in [0.1, 0.15) is 28.3 Å². The van der Waals surface area contributed by atoms with Crippen molar-refractivity contribution in [3.63, 3.8) is 0 Å². The number of rotatable bonds is 16. The fourth-order valence-electron chi connectivity index (χ4n) is 7.95. The van der Waals surface area contributed by atoms with Crippen LogP contribution in [0.15, 0.2) is 127 Å². The molecule has 7 rings (SSSR count). The average Bonchev–Trinajstić information content (AvgIpc) is 3.24. The van der Waals surface area contributed by atoms with E-state index in [9.17, 15) is 14.4 Å². The standard InChI is InChI=1S/C57H60O10/c1-55(2,3)64-52(58)34-61-49-31-46-43-28-40(25-37-19-13-10-14-20-37)50(62-35-53(59)65-56(4,5)6)32-47(43)45-30-42(27-39-23-17-12-18-24-39)51(67-63-36-54(60)66-57(7,8)9)33-48(45)44(46)29-41(49)26-38-21-15-11-16-22-38/h10-24,28-33H,25-27,34-36H2,1-9H3. The molecule has 0 saturated heterocycles. The molecular formula is C57H60O10. The Kier molecular flexibility index (Phi) is 14.6. The number of carbonyl (C=O) groups is 3. The number of fused-ring (bicyclic) bond motifs is 6. The lowest BCUT2D eigenvalue weighted by Gasteiger charge is -2.22. The minimum atomic E-state index is -0.703. The molecule has 0 bridgehead atoms. The van der Waals surface area contributed by atoms with Crippen LogP contribution < -0.4 is 14.4 Å². The fraction of sp³-hybridized carbons (Fsp3) is 0.316. The van der Waals surface area contributed by atoms with Crippen molar-refractivity contribution < 1.29 is 47.8 Å². The van der Waals surface area contributed by atoms with E-state index in [1.165, 1.54) is 0 Å². The summed E-state index contributed by atoms with van der Waals surface area (Å²) in [5.74, 6) is -0.0805. The lowest BCUT2D eigenvalue weighted by molar-refractivity contribution is -0.220. The zero-order valence-electron chi connectivity index (χ0n) is 39.9. The van der Waals surface area contributed by atoms with E-state index in [4.69, 9.17) is 33.5 Å². The van der Waals surface area contributed by atoms with Gasteiger partial charge in [0.15, 0.2) is 25.6 Å². The minimum Gasteiger partial charge on any atom is -0.482 e. The van der Waals surface area contributed by atoms with Crippen molar-refractivity contribution in [1.29, 1.82) is 0 Å². The van der Waals surface area contributed by atoms with E-state index in [0.29, 0.717) is 36.5 Å². The topological polar surface area (TPSA) is 116 Å². The van der Waals surface area contributed by atoms with E-state index < -0.39 is 41.3 Å². The number of ether oxygens (including phenoxy) is 5. The van der Waals surface area contributed by atoms with E-state index in [-0.39, 0.29) is 13.2 Å². The van der Waals surface area contributed by atoms with Crippen LogP contribution in [0.5, 0.6) is 17.2 Å². The molecule has 10 heteroatoms. The van der Waals surface area contributed by atoms with Gasteiger partial charge in [0.25, 0.3) is 0 Å². The third-order valence-corrected chi connectivity index (χ3v) is 10.5. The summed E-state index contributed by atoms with van der Waals surface area (Å²) >= 11 is 0. The lowest BCUT2D eigenvalue weighted by Crippen LogP contribution is -2.27. The zero-order chi connectivity index (χ0) is 47.9. The van der Waals surface area contributed by atoms with Crippen molar-refractivity contribution in [1.82, 2.24) is 0 Å². The summed E-state index contributed by atoms with van der Waals surface area (Å²) in [6.07, 6.45) is 1.49. The van der Waals surface area contributed by atoms with Crippen LogP contribution in [0.2, 0.25) is 0 Å². The van der Waals surface area contributed by atoms with Crippen LogP contribution >= 0.6 is 0 Å². The summed E-state index contributed by atoms with van der Waals surface area (Å²) in [7, 11) is 0. The second-order valence-electron chi connectivity index (χ2n) is 19.7. The van der Waals surface area contributed by atoms with Crippen molar-refractivity contribution >= 4 is 50.2 Å². The number of esters is 3. The summed E-state index contributed by atoms with van der Waals surface area (Å²) in [5.41, 5.74) is 3.55. The van der Waals surface area contributed by atoms with Gasteiger partial charge >= 0.3 is 17.9 Å². The maximum Gasteiger partial charge on any atom is 0.344 e. The molecular weight excluding hydrogens is 845 g/mol. The fourth-order valence-corrected chi connectivity index (χ4v) is 7.95. The highest BCUT2D eigenvalue weighted by atomic mass is 17.2. The van der Waals surface area contributed by atoms with Gasteiger partial charge in [-0.1, -0.05) is 91.0 Å². The number of hydrogen-bond donors (Lipinski definition) is 0. The molecule has 7 aromatic rings. The van der Waals surface area contributed by atoms with Crippen LogP contribution in [-0.4, -0.2) is 54.5 Å². The first kappa shape index (κ1) is 48.0. The Labute approximate surface area is 393 Å². The first-order valence-electron chi connectivity index (χ1n) is 22.6. The SMILES string of the molecule is CC(C)(C)OC(=O)COOc1cc2c3cc(Cc4ccccc4)c(OCC(=O)OC(C)(C)C)cc3c3cc(Cc4ccccc4)c(OCC(=O)OC(C)(C)C)cc3c2cc1Cc1ccccc1. The van der Waals surface area contributed by atoms with Gasteiger partial charge in [0, 0.05) is 24.8 Å².